The van der Waals surface area contributed by atoms with Gasteiger partial charge < -0.3 is 10.1 Å². The van der Waals surface area contributed by atoms with Crippen molar-refractivity contribution in [3.63, 3.8) is 0 Å². The molecule has 3 unspecified atom stereocenters. The van der Waals surface area contributed by atoms with Gasteiger partial charge in [0.1, 0.15) is 0 Å². The molecule has 1 heterocycles. The molecule has 20 heavy (non-hydrogen) atoms. The number of ether oxygens (including phenoxy) is 1. The minimum Gasteiger partial charge on any atom is -0.383 e. The SMILES string of the molecule is CCC1CCCC(N2CCCCC2CNCCOC)C1. The summed E-state index contributed by atoms with van der Waals surface area (Å²) in [7, 11) is 1.78. The van der Waals surface area contributed by atoms with Crippen LogP contribution in [0.2, 0.25) is 0 Å². The normalized spacial score (nSPS) is 32.4. The second-order valence-corrected chi connectivity index (χ2v) is 6.68. The Bertz CT molecular complexity index is 259. The first kappa shape index (κ1) is 16.3. The van der Waals surface area contributed by atoms with E-state index in [0.29, 0.717) is 0 Å². The van der Waals surface area contributed by atoms with Crippen molar-refractivity contribution in [2.75, 3.05) is 33.4 Å². The zero-order chi connectivity index (χ0) is 14.2. The van der Waals surface area contributed by atoms with Crippen LogP contribution in [0, 0.1) is 5.92 Å². The summed E-state index contributed by atoms with van der Waals surface area (Å²) in [5.74, 6) is 0.984. The van der Waals surface area contributed by atoms with Crippen molar-refractivity contribution in [1.29, 1.82) is 0 Å². The third-order valence-electron chi connectivity index (χ3n) is 5.34. The molecule has 0 spiro atoms. The molecule has 1 aliphatic heterocycles. The van der Waals surface area contributed by atoms with E-state index in [9.17, 15) is 0 Å². The van der Waals surface area contributed by atoms with Gasteiger partial charge in [-0.2, -0.15) is 0 Å². The van der Waals surface area contributed by atoms with Gasteiger partial charge in [-0.05, 0) is 38.1 Å². The fourth-order valence-electron chi connectivity index (χ4n) is 4.10. The van der Waals surface area contributed by atoms with E-state index in [1.807, 2.05) is 0 Å². The lowest BCUT2D eigenvalue weighted by Gasteiger charge is -2.44. The minimum atomic E-state index is 0.765. The highest BCUT2D eigenvalue weighted by molar-refractivity contribution is 4.87. The first-order valence-corrected chi connectivity index (χ1v) is 8.80. The summed E-state index contributed by atoms with van der Waals surface area (Å²) in [6.07, 6.45) is 11.4. The lowest BCUT2D eigenvalue weighted by molar-refractivity contribution is 0.0565. The fourth-order valence-corrected chi connectivity index (χ4v) is 4.10. The Morgan fingerprint density at radius 1 is 1.15 bits per heavy atom. The third kappa shape index (κ3) is 4.71. The average Bonchev–Trinajstić information content (AvgIpc) is 2.52. The number of methoxy groups -OCH3 is 1. The summed E-state index contributed by atoms with van der Waals surface area (Å²) >= 11 is 0. The second-order valence-electron chi connectivity index (χ2n) is 6.68. The highest BCUT2D eigenvalue weighted by Crippen LogP contribution is 2.32. The lowest BCUT2D eigenvalue weighted by atomic mass is 9.82. The van der Waals surface area contributed by atoms with Crippen molar-refractivity contribution < 1.29 is 4.74 Å². The Labute approximate surface area is 125 Å². The van der Waals surface area contributed by atoms with E-state index in [-0.39, 0.29) is 0 Å². The van der Waals surface area contributed by atoms with Gasteiger partial charge >= 0.3 is 0 Å². The van der Waals surface area contributed by atoms with Crippen LogP contribution in [0.25, 0.3) is 0 Å². The highest BCUT2D eigenvalue weighted by atomic mass is 16.5. The Morgan fingerprint density at radius 3 is 2.85 bits per heavy atom. The molecular formula is C17H34N2O. The molecule has 1 aliphatic carbocycles. The largest absolute Gasteiger partial charge is 0.383 e. The number of likely N-dealkylation sites (tertiary alicyclic amines) is 1. The van der Waals surface area contributed by atoms with E-state index >= 15 is 0 Å². The second kappa shape index (κ2) is 9.01. The topological polar surface area (TPSA) is 24.5 Å². The molecule has 2 fully saturated rings. The number of hydrogen-bond acceptors (Lipinski definition) is 3. The molecule has 0 aromatic heterocycles. The van der Waals surface area contributed by atoms with Crippen LogP contribution >= 0.6 is 0 Å². The molecule has 0 bridgehead atoms. The Hall–Kier alpha value is -0.120. The Balaban J connectivity index is 1.82. The first-order valence-electron chi connectivity index (χ1n) is 8.80. The molecule has 0 amide bonds. The van der Waals surface area contributed by atoms with E-state index in [4.69, 9.17) is 4.74 Å². The summed E-state index contributed by atoms with van der Waals surface area (Å²) in [5, 5.41) is 3.58. The van der Waals surface area contributed by atoms with Crippen LogP contribution in [-0.2, 0) is 4.74 Å². The van der Waals surface area contributed by atoms with E-state index < -0.39 is 0 Å². The van der Waals surface area contributed by atoms with Crippen molar-refractivity contribution in [2.45, 2.75) is 70.4 Å². The molecule has 2 aliphatic rings. The maximum atomic E-state index is 5.13. The summed E-state index contributed by atoms with van der Waals surface area (Å²) in [6, 6.07) is 1.63. The first-order chi connectivity index (χ1) is 9.85. The van der Waals surface area contributed by atoms with Crippen LogP contribution < -0.4 is 5.32 Å². The molecule has 0 radical (unpaired) electrons. The van der Waals surface area contributed by atoms with Gasteiger partial charge in [0.25, 0.3) is 0 Å². The monoisotopic (exact) mass is 282 g/mol. The van der Waals surface area contributed by atoms with Crippen molar-refractivity contribution >= 4 is 0 Å². The van der Waals surface area contributed by atoms with Crippen LogP contribution in [0.3, 0.4) is 0 Å². The fraction of sp³-hybridized carbons (Fsp3) is 1.00. The number of hydrogen-bond donors (Lipinski definition) is 1. The molecule has 118 valence electrons. The van der Waals surface area contributed by atoms with Gasteiger partial charge in [-0.3, -0.25) is 4.90 Å². The quantitative estimate of drug-likeness (QED) is 0.726. The van der Waals surface area contributed by atoms with Crippen molar-refractivity contribution in [1.82, 2.24) is 10.2 Å². The minimum absolute atomic E-state index is 0.765. The third-order valence-corrected chi connectivity index (χ3v) is 5.34. The average molecular weight is 282 g/mol. The molecule has 0 aromatic rings. The van der Waals surface area contributed by atoms with E-state index in [0.717, 1.165) is 37.7 Å². The molecule has 2 rings (SSSR count). The van der Waals surface area contributed by atoms with Gasteiger partial charge in [-0.15, -0.1) is 0 Å². The van der Waals surface area contributed by atoms with Crippen LogP contribution in [0.1, 0.15) is 58.3 Å². The molecular weight excluding hydrogens is 248 g/mol. The Kier molecular flexibility index (Phi) is 7.32. The van der Waals surface area contributed by atoms with Crippen LogP contribution in [0.15, 0.2) is 0 Å². The summed E-state index contributed by atoms with van der Waals surface area (Å²) in [4.78, 5) is 2.85. The molecule has 1 saturated heterocycles. The maximum Gasteiger partial charge on any atom is 0.0587 e. The summed E-state index contributed by atoms with van der Waals surface area (Å²) in [5.41, 5.74) is 0. The van der Waals surface area contributed by atoms with Gasteiger partial charge in [-0.25, -0.2) is 0 Å². The van der Waals surface area contributed by atoms with Crippen molar-refractivity contribution in [3.8, 4) is 0 Å². The van der Waals surface area contributed by atoms with E-state index in [2.05, 4.69) is 17.1 Å². The number of nitrogens with zero attached hydrogens (tertiary/aromatic N) is 1. The maximum absolute atomic E-state index is 5.13. The van der Waals surface area contributed by atoms with Crippen molar-refractivity contribution in [2.24, 2.45) is 5.92 Å². The van der Waals surface area contributed by atoms with Crippen LogP contribution in [0.4, 0.5) is 0 Å². The molecule has 3 heteroatoms. The van der Waals surface area contributed by atoms with Gasteiger partial charge in [0.05, 0.1) is 6.61 Å². The standard InChI is InChI=1S/C17H34N2O/c1-3-15-7-6-9-16(13-15)19-11-5-4-8-17(19)14-18-10-12-20-2/h15-18H,3-14H2,1-2H3. The molecule has 1 saturated carbocycles. The molecule has 3 atom stereocenters. The lowest BCUT2D eigenvalue weighted by Crippen LogP contribution is -2.51. The zero-order valence-electron chi connectivity index (χ0n) is 13.6. The van der Waals surface area contributed by atoms with Crippen LogP contribution in [-0.4, -0.2) is 50.3 Å². The molecule has 0 aromatic carbocycles. The van der Waals surface area contributed by atoms with E-state index in [1.165, 1.54) is 57.9 Å². The van der Waals surface area contributed by atoms with E-state index in [1.54, 1.807) is 7.11 Å². The number of piperidine rings is 1. The predicted octanol–water partition coefficient (Wildman–Crippen LogP) is 3.05. The predicted molar refractivity (Wildman–Crippen MR) is 85.1 cm³/mol. The molecule has 1 N–H and O–H groups in total. The Morgan fingerprint density at radius 2 is 2.05 bits per heavy atom. The van der Waals surface area contributed by atoms with Gasteiger partial charge in [-0.1, -0.05) is 32.6 Å². The summed E-state index contributed by atoms with van der Waals surface area (Å²) < 4.78 is 5.13. The van der Waals surface area contributed by atoms with Gasteiger partial charge in [0, 0.05) is 32.3 Å². The summed E-state index contributed by atoms with van der Waals surface area (Å²) in [6.45, 7) is 6.67. The highest BCUT2D eigenvalue weighted by Gasteiger charge is 2.31. The van der Waals surface area contributed by atoms with Crippen molar-refractivity contribution in [3.05, 3.63) is 0 Å². The number of rotatable bonds is 7. The van der Waals surface area contributed by atoms with Gasteiger partial charge in [0.15, 0.2) is 0 Å². The number of nitrogens with one attached hydrogen (secondary N) is 1. The van der Waals surface area contributed by atoms with Crippen LogP contribution in [0.5, 0.6) is 0 Å². The smallest absolute Gasteiger partial charge is 0.0587 e. The zero-order valence-corrected chi connectivity index (χ0v) is 13.6. The molecule has 3 nitrogen and oxygen atoms in total. The van der Waals surface area contributed by atoms with Gasteiger partial charge in [0.2, 0.25) is 0 Å².